The Balaban J connectivity index is 1.74. The van der Waals surface area contributed by atoms with E-state index in [2.05, 4.69) is 11.4 Å². The van der Waals surface area contributed by atoms with E-state index in [0.717, 1.165) is 11.1 Å². The molecule has 0 aliphatic carbocycles. The molecule has 0 bridgehead atoms. The molecule has 3 aromatic carbocycles. The maximum Gasteiger partial charge on any atom is 0.269 e. The zero-order valence-electron chi connectivity index (χ0n) is 19.7. The monoisotopic (exact) mass is 471 g/mol. The highest BCUT2D eigenvalue weighted by Crippen LogP contribution is 2.30. The highest BCUT2D eigenvalue weighted by molar-refractivity contribution is 5.92. The highest BCUT2D eigenvalue weighted by atomic mass is 16.6. The first-order chi connectivity index (χ1) is 16.8. The van der Waals surface area contributed by atoms with E-state index in [1.54, 1.807) is 24.3 Å². The van der Waals surface area contributed by atoms with E-state index in [-0.39, 0.29) is 18.2 Å². The second-order valence-corrected chi connectivity index (χ2v) is 7.75. The molecule has 1 amide bonds. The summed E-state index contributed by atoms with van der Waals surface area (Å²) < 4.78 is 11.4. The summed E-state index contributed by atoms with van der Waals surface area (Å²) >= 11 is 0. The molecule has 3 rings (SSSR count). The largest absolute Gasteiger partial charge is 0.490 e. The standard InChI is InChI=1S/C27H25N3O5/c1-4-34-26-15-20(14-22(16-28)21-7-10-24(11-8-21)30(32)33)6-12-25(26)35-17-27(31)29-23-9-5-18(2)19(3)13-23/h5-15H,4,17H2,1-3H3,(H,29,31)/b22-14+. The number of aryl methyl sites for hydroxylation is 2. The summed E-state index contributed by atoms with van der Waals surface area (Å²) in [4.78, 5) is 22.7. The van der Waals surface area contributed by atoms with Gasteiger partial charge in [0, 0.05) is 17.8 Å². The Kier molecular flexibility index (Phi) is 8.20. The summed E-state index contributed by atoms with van der Waals surface area (Å²) in [5.41, 5.74) is 4.44. The number of amides is 1. The van der Waals surface area contributed by atoms with Crippen LogP contribution in [0.3, 0.4) is 0 Å². The van der Waals surface area contributed by atoms with E-state index >= 15 is 0 Å². The van der Waals surface area contributed by atoms with Crippen molar-refractivity contribution in [2.75, 3.05) is 18.5 Å². The van der Waals surface area contributed by atoms with Crippen LogP contribution in [-0.2, 0) is 4.79 Å². The predicted molar refractivity (Wildman–Crippen MR) is 134 cm³/mol. The van der Waals surface area contributed by atoms with Gasteiger partial charge in [-0.15, -0.1) is 0 Å². The molecule has 0 radical (unpaired) electrons. The van der Waals surface area contributed by atoms with Crippen molar-refractivity contribution in [1.29, 1.82) is 5.26 Å². The molecule has 178 valence electrons. The van der Waals surface area contributed by atoms with Gasteiger partial charge in [0.1, 0.15) is 0 Å². The minimum Gasteiger partial charge on any atom is -0.490 e. The molecule has 0 fully saturated rings. The summed E-state index contributed by atoms with van der Waals surface area (Å²) in [5.74, 6) is 0.527. The lowest BCUT2D eigenvalue weighted by Crippen LogP contribution is -2.20. The molecule has 0 heterocycles. The Morgan fingerprint density at radius 3 is 2.40 bits per heavy atom. The van der Waals surface area contributed by atoms with Crippen LogP contribution in [0.15, 0.2) is 60.7 Å². The molecule has 3 aromatic rings. The third kappa shape index (κ3) is 6.68. The topological polar surface area (TPSA) is 114 Å². The lowest BCUT2D eigenvalue weighted by molar-refractivity contribution is -0.384. The van der Waals surface area contributed by atoms with Gasteiger partial charge in [0.2, 0.25) is 0 Å². The highest BCUT2D eigenvalue weighted by Gasteiger charge is 2.11. The summed E-state index contributed by atoms with van der Waals surface area (Å²) in [7, 11) is 0. The molecule has 35 heavy (non-hydrogen) atoms. The van der Waals surface area contributed by atoms with Gasteiger partial charge in [-0.1, -0.05) is 12.1 Å². The smallest absolute Gasteiger partial charge is 0.269 e. The predicted octanol–water partition coefficient (Wildman–Crippen LogP) is 5.69. The molecule has 0 unspecified atom stereocenters. The molecule has 0 saturated carbocycles. The first kappa shape index (κ1) is 25.0. The van der Waals surface area contributed by atoms with Crippen molar-refractivity contribution in [3.05, 3.63) is 93.0 Å². The van der Waals surface area contributed by atoms with Gasteiger partial charge < -0.3 is 14.8 Å². The molecular weight excluding hydrogens is 446 g/mol. The van der Waals surface area contributed by atoms with Crippen LogP contribution in [0.5, 0.6) is 11.5 Å². The van der Waals surface area contributed by atoms with Crippen LogP contribution >= 0.6 is 0 Å². The van der Waals surface area contributed by atoms with Crippen LogP contribution in [0.1, 0.15) is 29.2 Å². The third-order valence-electron chi connectivity index (χ3n) is 5.24. The fraction of sp³-hybridized carbons (Fsp3) is 0.185. The number of ether oxygens (including phenoxy) is 2. The van der Waals surface area contributed by atoms with Crippen molar-refractivity contribution in [3.63, 3.8) is 0 Å². The second kappa shape index (κ2) is 11.5. The number of carbonyl (C=O) groups is 1. The Labute approximate surface area is 203 Å². The Hall–Kier alpha value is -4.64. The van der Waals surface area contributed by atoms with Gasteiger partial charge >= 0.3 is 0 Å². The first-order valence-corrected chi connectivity index (χ1v) is 10.9. The van der Waals surface area contributed by atoms with Crippen LogP contribution in [0.25, 0.3) is 11.6 Å². The number of allylic oxidation sites excluding steroid dienone is 1. The molecule has 0 aliphatic rings. The summed E-state index contributed by atoms with van der Waals surface area (Å²) in [6, 6.07) is 18.7. The van der Waals surface area contributed by atoms with Crippen LogP contribution < -0.4 is 14.8 Å². The van der Waals surface area contributed by atoms with Gasteiger partial charge in [-0.2, -0.15) is 5.26 Å². The van der Waals surface area contributed by atoms with E-state index < -0.39 is 4.92 Å². The van der Waals surface area contributed by atoms with Crippen molar-refractivity contribution in [2.45, 2.75) is 20.8 Å². The number of anilines is 1. The number of nitro groups is 1. The van der Waals surface area contributed by atoms with Crippen molar-refractivity contribution >= 4 is 28.9 Å². The van der Waals surface area contributed by atoms with Gasteiger partial charge in [0.05, 0.1) is 23.2 Å². The maximum absolute atomic E-state index is 12.4. The van der Waals surface area contributed by atoms with Gasteiger partial charge in [0.15, 0.2) is 18.1 Å². The number of nitriles is 1. The van der Waals surface area contributed by atoms with E-state index in [4.69, 9.17) is 9.47 Å². The number of hydrogen-bond acceptors (Lipinski definition) is 6. The number of nitrogens with one attached hydrogen (secondary N) is 1. The summed E-state index contributed by atoms with van der Waals surface area (Å²) in [6.07, 6.45) is 1.65. The van der Waals surface area contributed by atoms with Gasteiger partial charge in [-0.3, -0.25) is 14.9 Å². The van der Waals surface area contributed by atoms with Crippen LogP contribution in [-0.4, -0.2) is 24.0 Å². The number of benzene rings is 3. The zero-order chi connectivity index (χ0) is 25.4. The molecule has 0 atom stereocenters. The molecule has 0 spiro atoms. The molecular formula is C27H25N3O5. The number of carbonyl (C=O) groups excluding carboxylic acids is 1. The molecule has 1 N–H and O–H groups in total. The summed E-state index contributed by atoms with van der Waals surface area (Å²) in [5, 5.41) is 23.3. The average molecular weight is 472 g/mol. The van der Waals surface area contributed by atoms with Gasteiger partial charge in [0.25, 0.3) is 11.6 Å². The Morgan fingerprint density at radius 2 is 1.77 bits per heavy atom. The van der Waals surface area contributed by atoms with Crippen molar-refractivity contribution < 1.29 is 19.2 Å². The lowest BCUT2D eigenvalue weighted by Gasteiger charge is -2.13. The van der Waals surface area contributed by atoms with Crippen molar-refractivity contribution in [1.82, 2.24) is 0 Å². The third-order valence-corrected chi connectivity index (χ3v) is 5.24. The Bertz CT molecular complexity index is 1310. The van der Waals surface area contributed by atoms with Crippen LogP contribution in [0.4, 0.5) is 11.4 Å². The molecule has 0 saturated heterocycles. The quantitative estimate of drug-likeness (QED) is 0.185. The number of nitrogens with zero attached hydrogens (tertiary/aromatic N) is 2. The van der Waals surface area contributed by atoms with Crippen molar-refractivity contribution in [3.8, 4) is 17.6 Å². The van der Waals surface area contributed by atoms with Crippen LogP contribution in [0, 0.1) is 35.3 Å². The van der Waals surface area contributed by atoms with Crippen molar-refractivity contribution in [2.24, 2.45) is 0 Å². The lowest BCUT2D eigenvalue weighted by atomic mass is 10.0. The van der Waals surface area contributed by atoms with Crippen LogP contribution in [0.2, 0.25) is 0 Å². The minimum absolute atomic E-state index is 0.0484. The molecule has 0 aromatic heterocycles. The zero-order valence-corrected chi connectivity index (χ0v) is 19.7. The fourth-order valence-electron chi connectivity index (χ4n) is 3.27. The first-order valence-electron chi connectivity index (χ1n) is 10.9. The number of non-ortho nitro benzene ring substituents is 1. The normalized spacial score (nSPS) is 10.9. The van der Waals surface area contributed by atoms with E-state index in [1.807, 2.05) is 39.0 Å². The van der Waals surface area contributed by atoms with Gasteiger partial charge in [-0.05, 0) is 85.5 Å². The number of rotatable bonds is 9. The van der Waals surface area contributed by atoms with E-state index in [1.165, 1.54) is 24.3 Å². The average Bonchev–Trinajstić information content (AvgIpc) is 2.84. The number of hydrogen-bond donors (Lipinski definition) is 1. The van der Waals surface area contributed by atoms with E-state index in [9.17, 15) is 20.2 Å². The van der Waals surface area contributed by atoms with Gasteiger partial charge in [-0.25, -0.2) is 0 Å². The maximum atomic E-state index is 12.4. The fourth-order valence-corrected chi connectivity index (χ4v) is 3.27. The second-order valence-electron chi connectivity index (χ2n) is 7.75. The minimum atomic E-state index is -0.491. The Morgan fingerprint density at radius 1 is 1.03 bits per heavy atom. The summed E-state index contributed by atoms with van der Waals surface area (Å²) in [6.45, 7) is 5.99. The molecule has 8 heteroatoms. The van der Waals surface area contributed by atoms with E-state index in [0.29, 0.717) is 40.5 Å². The molecule has 8 nitrogen and oxygen atoms in total. The molecule has 0 aliphatic heterocycles. The number of nitro benzene ring substituents is 1. The SMILES string of the molecule is CCOc1cc(/C=C(\C#N)c2ccc([N+](=O)[O-])cc2)ccc1OCC(=O)Nc1ccc(C)c(C)c1.